The Hall–Kier alpha value is -0.890. The highest BCUT2D eigenvalue weighted by molar-refractivity contribution is 5.80. The van der Waals surface area contributed by atoms with Crippen LogP contribution in [0.4, 0.5) is 0 Å². The maximum atomic E-state index is 13.2. The average molecular weight is 973 g/mol. The third-order valence-electron chi connectivity index (χ3n) is 14.7. The van der Waals surface area contributed by atoms with Crippen molar-refractivity contribution in [3.63, 3.8) is 0 Å². The Morgan fingerprint density at radius 1 is 0.456 bits per heavy atom. The molecule has 8 N–H and O–H groups in total. The zero-order valence-electron chi connectivity index (χ0n) is 44.4. The lowest BCUT2D eigenvalue weighted by molar-refractivity contribution is -0.303. The molecule has 0 radical (unpaired) electrons. The van der Waals surface area contributed by atoms with Gasteiger partial charge in [0.15, 0.2) is 6.29 Å². The molecule has 0 aromatic carbocycles. The predicted molar refractivity (Wildman–Crippen MR) is 280 cm³/mol. The molecule has 0 saturated carbocycles. The van der Waals surface area contributed by atoms with E-state index >= 15 is 0 Å². The minimum Gasteiger partial charge on any atom is -0.394 e. The number of aliphatic hydroxyl groups is 7. The molecule has 0 spiro atoms. The summed E-state index contributed by atoms with van der Waals surface area (Å²) in [5.74, 6) is -0.689. The first-order chi connectivity index (χ1) is 33.2. The van der Waals surface area contributed by atoms with Crippen molar-refractivity contribution in [3.8, 4) is 0 Å². The summed E-state index contributed by atoms with van der Waals surface area (Å²) in [6.07, 6.45) is 41.5. The molecule has 1 aliphatic heterocycles. The van der Waals surface area contributed by atoms with Gasteiger partial charge in [-0.1, -0.05) is 277 Å². The van der Waals surface area contributed by atoms with Crippen molar-refractivity contribution in [2.24, 2.45) is 0 Å². The third kappa shape index (κ3) is 35.3. The van der Waals surface area contributed by atoms with Crippen LogP contribution < -0.4 is 5.32 Å². The molecule has 9 atom stereocenters. The van der Waals surface area contributed by atoms with Crippen LogP contribution in [0.25, 0.3) is 0 Å². The van der Waals surface area contributed by atoms with Crippen molar-refractivity contribution in [3.05, 3.63) is 0 Å². The van der Waals surface area contributed by atoms with Crippen LogP contribution in [0.15, 0.2) is 0 Å². The maximum Gasteiger partial charge on any atom is 0.249 e. The van der Waals surface area contributed by atoms with Crippen LogP contribution in [0.2, 0.25) is 0 Å². The molecule has 11 heteroatoms. The van der Waals surface area contributed by atoms with Gasteiger partial charge >= 0.3 is 0 Å². The second kappa shape index (κ2) is 47.1. The maximum absolute atomic E-state index is 13.2. The SMILES string of the molecule is CCCCCCCCCCCCCCCCCCCCCCCCCC(O)C(=O)NC(COC1OC(CO)C(O)C(O)C1O)C(O)C(O)CCCCCCCCCCCCCCCCCCCC. The van der Waals surface area contributed by atoms with Crippen molar-refractivity contribution in [1.82, 2.24) is 5.32 Å². The normalized spacial score (nSPS) is 20.4. The largest absolute Gasteiger partial charge is 0.394 e. The highest BCUT2D eigenvalue weighted by Crippen LogP contribution is 2.24. The van der Waals surface area contributed by atoms with Gasteiger partial charge in [0.05, 0.1) is 25.4 Å². The third-order valence-corrected chi connectivity index (χ3v) is 14.7. The first-order valence-corrected chi connectivity index (χ1v) is 29.4. The summed E-state index contributed by atoms with van der Waals surface area (Å²) < 4.78 is 11.2. The van der Waals surface area contributed by atoms with E-state index in [0.29, 0.717) is 19.3 Å². The van der Waals surface area contributed by atoms with E-state index in [1.54, 1.807) is 0 Å². The summed E-state index contributed by atoms with van der Waals surface area (Å²) in [6, 6.07) is -1.16. The van der Waals surface area contributed by atoms with Crippen molar-refractivity contribution in [2.45, 2.75) is 345 Å². The standard InChI is InChI=1S/C57H113NO10/c1-3-5-7-9-11-13-15-17-19-21-23-24-25-26-27-29-31-33-35-37-39-41-43-45-50(61)56(66)58-48(47-67-57-55(65)54(64)53(63)51(46-59)68-57)52(62)49(60)44-42-40-38-36-34-32-30-28-22-20-18-16-14-12-10-8-6-4-2/h48-55,57,59-65H,3-47H2,1-2H3,(H,58,66). The van der Waals surface area contributed by atoms with Gasteiger partial charge in [0, 0.05) is 0 Å². The van der Waals surface area contributed by atoms with E-state index in [0.717, 1.165) is 38.5 Å². The molecule has 1 aliphatic rings. The first kappa shape index (κ1) is 65.1. The molecule has 1 amide bonds. The number of aliphatic hydroxyl groups excluding tert-OH is 7. The Labute approximate surface area is 418 Å². The van der Waals surface area contributed by atoms with E-state index in [1.165, 1.54) is 212 Å². The first-order valence-electron chi connectivity index (χ1n) is 29.4. The second-order valence-corrected chi connectivity index (χ2v) is 21.1. The van der Waals surface area contributed by atoms with Crippen LogP contribution in [-0.4, -0.2) is 110 Å². The fourth-order valence-corrected chi connectivity index (χ4v) is 9.86. The fourth-order valence-electron chi connectivity index (χ4n) is 9.86. The number of amides is 1. The lowest BCUT2D eigenvalue weighted by Gasteiger charge is -2.40. The molecule has 0 aromatic heterocycles. The van der Waals surface area contributed by atoms with Gasteiger partial charge in [0.25, 0.3) is 0 Å². The summed E-state index contributed by atoms with van der Waals surface area (Å²) in [5, 5.41) is 76.2. The second-order valence-electron chi connectivity index (χ2n) is 21.1. The van der Waals surface area contributed by atoms with Gasteiger partial charge in [-0.25, -0.2) is 0 Å². The molecule has 0 aliphatic carbocycles. The molecule has 11 nitrogen and oxygen atoms in total. The van der Waals surface area contributed by atoms with Crippen LogP contribution in [-0.2, 0) is 14.3 Å². The topological polar surface area (TPSA) is 189 Å². The van der Waals surface area contributed by atoms with Crippen molar-refractivity contribution in [2.75, 3.05) is 13.2 Å². The van der Waals surface area contributed by atoms with Gasteiger partial charge in [-0.2, -0.15) is 0 Å². The zero-order chi connectivity index (χ0) is 49.7. The van der Waals surface area contributed by atoms with Crippen LogP contribution >= 0.6 is 0 Å². The molecule has 0 aromatic rings. The van der Waals surface area contributed by atoms with Crippen molar-refractivity contribution >= 4 is 5.91 Å². The van der Waals surface area contributed by atoms with Crippen LogP contribution in [0, 0.1) is 0 Å². The van der Waals surface area contributed by atoms with Gasteiger partial charge in [0.2, 0.25) is 5.91 Å². The van der Waals surface area contributed by atoms with Crippen LogP contribution in [0.5, 0.6) is 0 Å². The minimum atomic E-state index is -1.66. The molecule has 1 heterocycles. The van der Waals surface area contributed by atoms with Gasteiger partial charge in [-0.3, -0.25) is 4.79 Å². The molecule has 406 valence electrons. The quantitative estimate of drug-likeness (QED) is 0.0272. The average Bonchev–Trinajstić information content (AvgIpc) is 3.34. The smallest absolute Gasteiger partial charge is 0.249 e. The number of unbranched alkanes of at least 4 members (excludes halogenated alkanes) is 39. The molecular formula is C57H113NO10. The Kier molecular flexibility index (Phi) is 45.1. The van der Waals surface area contributed by atoms with Gasteiger partial charge in [-0.15, -0.1) is 0 Å². The molecule has 1 rings (SSSR count). The monoisotopic (exact) mass is 972 g/mol. The van der Waals surface area contributed by atoms with Crippen LogP contribution in [0.1, 0.15) is 290 Å². The Balaban J connectivity index is 2.29. The van der Waals surface area contributed by atoms with Gasteiger partial charge < -0.3 is 50.5 Å². The van der Waals surface area contributed by atoms with E-state index in [1.807, 2.05) is 0 Å². The van der Waals surface area contributed by atoms with E-state index in [-0.39, 0.29) is 6.42 Å². The lowest BCUT2D eigenvalue weighted by Crippen LogP contribution is -2.60. The summed E-state index contributed by atoms with van der Waals surface area (Å²) in [7, 11) is 0. The molecule has 1 saturated heterocycles. The van der Waals surface area contributed by atoms with E-state index in [2.05, 4.69) is 19.2 Å². The summed E-state index contributed by atoms with van der Waals surface area (Å²) in [5.41, 5.74) is 0. The minimum absolute atomic E-state index is 0.267. The van der Waals surface area contributed by atoms with E-state index in [9.17, 15) is 40.5 Å². The number of ether oxygens (including phenoxy) is 2. The number of nitrogens with one attached hydrogen (secondary N) is 1. The number of rotatable bonds is 51. The Morgan fingerprint density at radius 3 is 1.09 bits per heavy atom. The Morgan fingerprint density at radius 2 is 0.765 bits per heavy atom. The highest BCUT2D eigenvalue weighted by Gasteiger charge is 2.44. The number of carbonyl (C=O) groups excluding carboxylic acids is 1. The Bertz CT molecular complexity index is 1070. The summed E-state index contributed by atoms with van der Waals surface area (Å²) in [6.45, 7) is 3.50. The molecule has 68 heavy (non-hydrogen) atoms. The van der Waals surface area contributed by atoms with Crippen molar-refractivity contribution in [1.29, 1.82) is 0 Å². The molecule has 9 unspecified atom stereocenters. The van der Waals surface area contributed by atoms with Crippen molar-refractivity contribution < 1.29 is 50.0 Å². The fraction of sp³-hybridized carbons (Fsp3) is 0.982. The molecular weight excluding hydrogens is 859 g/mol. The summed E-state index contributed by atoms with van der Waals surface area (Å²) >= 11 is 0. The molecule has 1 fully saturated rings. The van der Waals surface area contributed by atoms with E-state index < -0.39 is 74.2 Å². The zero-order valence-corrected chi connectivity index (χ0v) is 44.4. The lowest BCUT2D eigenvalue weighted by atomic mass is 9.98. The van der Waals surface area contributed by atoms with Crippen LogP contribution in [0.3, 0.4) is 0 Å². The van der Waals surface area contributed by atoms with Gasteiger partial charge in [-0.05, 0) is 12.8 Å². The van der Waals surface area contributed by atoms with Gasteiger partial charge in [0.1, 0.15) is 36.6 Å². The number of carbonyl (C=O) groups is 1. The summed E-state index contributed by atoms with van der Waals surface area (Å²) in [4.78, 5) is 13.2. The predicted octanol–water partition coefficient (Wildman–Crippen LogP) is 12.2. The van der Waals surface area contributed by atoms with E-state index in [4.69, 9.17) is 9.47 Å². The number of hydrogen-bond donors (Lipinski definition) is 8. The highest BCUT2D eigenvalue weighted by atomic mass is 16.7. The number of hydrogen-bond acceptors (Lipinski definition) is 10. The molecule has 0 bridgehead atoms.